The van der Waals surface area contributed by atoms with E-state index in [-0.39, 0.29) is 6.10 Å². The van der Waals surface area contributed by atoms with Crippen molar-refractivity contribution in [3.63, 3.8) is 0 Å². The van der Waals surface area contributed by atoms with Crippen molar-refractivity contribution in [1.29, 1.82) is 0 Å². The van der Waals surface area contributed by atoms with Crippen LogP contribution in [-0.2, 0) is 9.53 Å². The van der Waals surface area contributed by atoms with Crippen LogP contribution in [0.1, 0.15) is 26.7 Å². The highest BCUT2D eigenvalue weighted by Crippen LogP contribution is 2.23. The van der Waals surface area contributed by atoms with Crippen molar-refractivity contribution in [1.82, 2.24) is 0 Å². The van der Waals surface area contributed by atoms with E-state index in [1.165, 1.54) is 0 Å². The van der Waals surface area contributed by atoms with E-state index in [0.717, 1.165) is 25.0 Å². The summed E-state index contributed by atoms with van der Waals surface area (Å²) in [4.78, 5) is 10.6. The molecule has 1 heterocycles. The smallest absolute Gasteiger partial charge is 0.331 e. The van der Waals surface area contributed by atoms with Gasteiger partial charge in [-0.2, -0.15) is 0 Å². The molecule has 1 aliphatic rings. The molecule has 1 unspecified atom stereocenters. The third kappa shape index (κ3) is 2.34. The van der Waals surface area contributed by atoms with Crippen molar-refractivity contribution in [3.05, 3.63) is 11.1 Å². The molecule has 1 rings (SSSR count). The van der Waals surface area contributed by atoms with Crippen molar-refractivity contribution >= 4 is 5.97 Å². The first-order valence-corrected chi connectivity index (χ1v) is 4.18. The highest BCUT2D eigenvalue weighted by atomic mass is 16.6. The van der Waals surface area contributed by atoms with Crippen molar-refractivity contribution in [2.24, 2.45) is 0 Å². The van der Waals surface area contributed by atoms with Gasteiger partial charge in [-0.05, 0) is 19.8 Å². The Hall–Kier alpha value is -0.830. The van der Waals surface area contributed by atoms with E-state index < -0.39 is 5.97 Å². The predicted octanol–water partition coefficient (Wildman–Crippen LogP) is 1.59. The van der Waals surface area contributed by atoms with Crippen LogP contribution in [0.5, 0.6) is 0 Å². The molecule has 1 fully saturated rings. The van der Waals surface area contributed by atoms with Gasteiger partial charge in [0.15, 0.2) is 0 Å². The lowest BCUT2D eigenvalue weighted by atomic mass is 10.0. The standard InChI is InChI=1S/C9H14O3/c1-3-7(4-8-5-12-8)6(2)9(10)11/h8H,3-5H2,1-2H3,(H,10,11). The summed E-state index contributed by atoms with van der Waals surface area (Å²) < 4.78 is 5.04. The Morgan fingerprint density at radius 1 is 1.67 bits per heavy atom. The molecule has 68 valence electrons. The van der Waals surface area contributed by atoms with E-state index in [9.17, 15) is 4.79 Å². The van der Waals surface area contributed by atoms with Gasteiger partial charge in [-0.25, -0.2) is 4.79 Å². The second-order valence-electron chi connectivity index (χ2n) is 3.05. The van der Waals surface area contributed by atoms with Crippen LogP contribution in [0.15, 0.2) is 11.1 Å². The number of hydrogen-bond donors (Lipinski definition) is 1. The van der Waals surface area contributed by atoms with Crippen LogP contribution in [0.25, 0.3) is 0 Å². The molecule has 1 saturated heterocycles. The number of hydrogen-bond acceptors (Lipinski definition) is 2. The zero-order chi connectivity index (χ0) is 9.14. The normalized spacial score (nSPS) is 23.3. The van der Waals surface area contributed by atoms with E-state index in [1.807, 2.05) is 6.92 Å². The molecule has 0 aliphatic carbocycles. The van der Waals surface area contributed by atoms with Crippen LogP contribution < -0.4 is 0 Å². The Kier molecular flexibility index (Phi) is 2.87. The summed E-state index contributed by atoms with van der Waals surface area (Å²) >= 11 is 0. The molecule has 0 amide bonds. The van der Waals surface area contributed by atoms with E-state index in [4.69, 9.17) is 9.84 Å². The molecule has 0 spiro atoms. The minimum Gasteiger partial charge on any atom is -0.478 e. The Bertz CT molecular complexity index is 214. The molecule has 1 aliphatic heterocycles. The first-order valence-electron chi connectivity index (χ1n) is 4.18. The van der Waals surface area contributed by atoms with Gasteiger partial charge >= 0.3 is 5.97 Å². The molecule has 0 aromatic carbocycles. The van der Waals surface area contributed by atoms with E-state index in [2.05, 4.69) is 0 Å². The summed E-state index contributed by atoms with van der Waals surface area (Å²) in [6.07, 6.45) is 1.88. The summed E-state index contributed by atoms with van der Waals surface area (Å²) in [6.45, 7) is 4.42. The van der Waals surface area contributed by atoms with Gasteiger partial charge < -0.3 is 9.84 Å². The average Bonchev–Trinajstić information content (AvgIpc) is 2.82. The summed E-state index contributed by atoms with van der Waals surface area (Å²) in [5.74, 6) is -0.812. The molecule has 0 radical (unpaired) electrons. The minimum absolute atomic E-state index is 0.286. The number of ether oxygens (including phenoxy) is 1. The van der Waals surface area contributed by atoms with Crippen LogP contribution in [0, 0.1) is 0 Å². The molecule has 0 aromatic rings. The van der Waals surface area contributed by atoms with Gasteiger partial charge in [0.1, 0.15) is 0 Å². The van der Waals surface area contributed by atoms with Crippen molar-refractivity contribution in [2.75, 3.05) is 6.61 Å². The molecule has 3 nitrogen and oxygen atoms in total. The van der Waals surface area contributed by atoms with Gasteiger partial charge in [-0.3, -0.25) is 0 Å². The zero-order valence-electron chi connectivity index (χ0n) is 7.46. The molecule has 3 heteroatoms. The molecule has 0 saturated carbocycles. The lowest BCUT2D eigenvalue weighted by Crippen LogP contribution is -2.02. The second-order valence-corrected chi connectivity index (χ2v) is 3.05. The summed E-state index contributed by atoms with van der Waals surface area (Å²) in [7, 11) is 0. The van der Waals surface area contributed by atoms with Crippen LogP contribution in [0.4, 0.5) is 0 Å². The fourth-order valence-electron chi connectivity index (χ4n) is 1.17. The quantitative estimate of drug-likeness (QED) is 0.515. The SMILES string of the molecule is CCC(CC1CO1)=C(C)C(=O)O. The summed E-state index contributed by atoms with van der Waals surface area (Å²) in [5, 5.41) is 8.72. The van der Waals surface area contributed by atoms with E-state index in [1.54, 1.807) is 6.92 Å². The van der Waals surface area contributed by atoms with Crippen LogP contribution in [0.2, 0.25) is 0 Å². The molecule has 1 atom stereocenters. The fraction of sp³-hybridized carbons (Fsp3) is 0.667. The first kappa shape index (κ1) is 9.26. The topological polar surface area (TPSA) is 49.8 Å². The number of carbonyl (C=O) groups is 1. The predicted molar refractivity (Wildman–Crippen MR) is 45.0 cm³/mol. The maximum Gasteiger partial charge on any atom is 0.331 e. The largest absolute Gasteiger partial charge is 0.478 e. The number of carboxylic acids is 1. The highest BCUT2D eigenvalue weighted by molar-refractivity contribution is 5.86. The number of aliphatic carboxylic acids is 1. The third-order valence-corrected chi connectivity index (χ3v) is 2.15. The zero-order valence-corrected chi connectivity index (χ0v) is 7.46. The molecular weight excluding hydrogens is 156 g/mol. The number of carboxylic acid groups (broad SMARTS) is 1. The van der Waals surface area contributed by atoms with Gasteiger partial charge in [-0.1, -0.05) is 12.5 Å². The van der Waals surface area contributed by atoms with Gasteiger partial charge in [-0.15, -0.1) is 0 Å². The molecular formula is C9H14O3. The van der Waals surface area contributed by atoms with Crippen LogP contribution in [-0.4, -0.2) is 23.8 Å². The molecule has 1 N–H and O–H groups in total. The maximum atomic E-state index is 10.6. The van der Waals surface area contributed by atoms with Gasteiger partial charge in [0.2, 0.25) is 0 Å². The Labute approximate surface area is 72.0 Å². The van der Waals surface area contributed by atoms with Gasteiger partial charge in [0, 0.05) is 5.57 Å². The lowest BCUT2D eigenvalue weighted by Gasteiger charge is -2.04. The molecule has 12 heavy (non-hydrogen) atoms. The van der Waals surface area contributed by atoms with Gasteiger partial charge in [0.25, 0.3) is 0 Å². The summed E-state index contributed by atoms with van der Waals surface area (Å²) in [6, 6.07) is 0. The maximum absolute atomic E-state index is 10.6. The Morgan fingerprint density at radius 3 is 2.58 bits per heavy atom. The number of rotatable bonds is 4. The monoisotopic (exact) mass is 170 g/mol. The number of epoxide rings is 1. The Balaban J connectivity index is 2.61. The Morgan fingerprint density at radius 2 is 2.25 bits per heavy atom. The third-order valence-electron chi connectivity index (χ3n) is 2.15. The second kappa shape index (κ2) is 3.72. The fourth-order valence-corrected chi connectivity index (χ4v) is 1.17. The van der Waals surface area contributed by atoms with Crippen molar-refractivity contribution < 1.29 is 14.6 Å². The first-order chi connectivity index (χ1) is 5.65. The summed E-state index contributed by atoms with van der Waals surface area (Å²) in [5.41, 5.74) is 1.48. The average molecular weight is 170 g/mol. The van der Waals surface area contributed by atoms with Crippen LogP contribution in [0.3, 0.4) is 0 Å². The van der Waals surface area contributed by atoms with Crippen molar-refractivity contribution in [3.8, 4) is 0 Å². The molecule has 0 bridgehead atoms. The lowest BCUT2D eigenvalue weighted by molar-refractivity contribution is -0.132. The van der Waals surface area contributed by atoms with Crippen molar-refractivity contribution in [2.45, 2.75) is 32.8 Å². The highest BCUT2D eigenvalue weighted by Gasteiger charge is 2.24. The van der Waals surface area contributed by atoms with Crippen LogP contribution >= 0.6 is 0 Å². The van der Waals surface area contributed by atoms with E-state index >= 15 is 0 Å². The minimum atomic E-state index is -0.812. The van der Waals surface area contributed by atoms with Gasteiger partial charge in [0.05, 0.1) is 12.7 Å². The molecule has 0 aromatic heterocycles. The van der Waals surface area contributed by atoms with E-state index in [0.29, 0.717) is 5.57 Å².